The predicted molar refractivity (Wildman–Crippen MR) is 51.7 cm³/mol. The second-order valence-corrected chi connectivity index (χ2v) is 3.16. The van der Waals surface area contributed by atoms with Crippen LogP contribution in [0.15, 0.2) is 11.6 Å². The maximum atomic E-state index is 3.41. The Morgan fingerprint density at radius 1 is 1.20 bits per heavy atom. The fourth-order valence-electron chi connectivity index (χ4n) is 1.08. The van der Waals surface area contributed by atoms with E-state index in [-0.39, 0.29) is 0 Å². The zero-order valence-corrected chi connectivity index (χ0v) is 8.58. The molecule has 0 radical (unpaired) electrons. The molecule has 0 bridgehead atoms. The van der Waals surface area contributed by atoms with E-state index in [9.17, 15) is 0 Å². The van der Waals surface area contributed by atoms with Crippen molar-refractivity contribution in [3.8, 4) is 0 Å². The Morgan fingerprint density at radius 3 is 2.00 bits per heavy atom. The van der Waals surface area contributed by atoms with E-state index in [2.05, 4.69) is 35.9 Å². The van der Waals surface area contributed by atoms with E-state index in [1.807, 2.05) is 0 Å². The molecule has 0 aliphatic heterocycles. The monoisotopic (exact) mass is 204 g/mol. The van der Waals surface area contributed by atoms with Gasteiger partial charge in [0.05, 0.1) is 0 Å². The number of halogens is 1. The molecule has 0 atom stereocenters. The van der Waals surface area contributed by atoms with Crippen LogP contribution in [0, 0.1) is 0 Å². The quantitative estimate of drug-likeness (QED) is 0.471. The molecule has 1 heteroatoms. The van der Waals surface area contributed by atoms with Crippen LogP contribution in [-0.4, -0.2) is 5.33 Å². The van der Waals surface area contributed by atoms with Crippen LogP contribution < -0.4 is 0 Å². The van der Waals surface area contributed by atoms with Crippen LogP contribution in [0.25, 0.3) is 0 Å². The van der Waals surface area contributed by atoms with Crippen molar-refractivity contribution in [3.05, 3.63) is 11.6 Å². The lowest BCUT2D eigenvalue weighted by atomic mass is 10.1. The lowest BCUT2D eigenvalue weighted by Gasteiger charge is -2.01. The summed E-state index contributed by atoms with van der Waals surface area (Å²) in [5.74, 6) is 0. The molecule has 0 saturated heterocycles. The van der Waals surface area contributed by atoms with Crippen molar-refractivity contribution in [2.45, 2.75) is 39.5 Å². The Morgan fingerprint density at radius 2 is 1.70 bits per heavy atom. The number of allylic oxidation sites excluding steroid dienone is 2. The third kappa shape index (κ3) is 5.04. The minimum atomic E-state index is 1.02. The molecular formula is C9H17Br. The first-order valence-electron chi connectivity index (χ1n) is 4.09. The van der Waals surface area contributed by atoms with Crippen molar-refractivity contribution < 1.29 is 0 Å². The maximum absolute atomic E-state index is 3.41. The lowest BCUT2D eigenvalue weighted by Crippen LogP contribution is -1.82. The summed E-state index contributed by atoms with van der Waals surface area (Å²) in [6, 6.07) is 0. The summed E-state index contributed by atoms with van der Waals surface area (Å²) in [5.41, 5.74) is 1.61. The molecule has 0 aromatic carbocycles. The average Bonchev–Trinajstić information content (AvgIpc) is 1.90. The number of rotatable bonds is 5. The van der Waals surface area contributed by atoms with Crippen LogP contribution in [0.3, 0.4) is 0 Å². The molecule has 0 heterocycles. The lowest BCUT2D eigenvalue weighted by molar-refractivity contribution is 0.801. The fourth-order valence-corrected chi connectivity index (χ4v) is 1.54. The number of alkyl halides is 1. The highest BCUT2D eigenvalue weighted by Crippen LogP contribution is 2.11. The van der Waals surface area contributed by atoms with Gasteiger partial charge in [-0.25, -0.2) is 0 Å². The van der Waals surface area contributed by atoms with Gasteiger partial charge in [0, 0.05) is 5.33 Å². The molecule has 0 aliphatic rings. The van der Waals surface area contributed by atoms with Crippen LogP contribution in [0.5, 0.6) is 0 Å². The van der Waals surface area contributed by atoms with Gasteiger partial charge in [-0.05, 0) is 12.8 Å². The Balaban J connectivity index is 3.60. The van der Waals surface area contributed by atoms with Gasteiger partial charge in [-0.2, -0.15) is 0 Å². The highest BCUT2D eigenvalue weighted by molar-refractivity contribution is 9.09. The smallest absolute Gasteiger partial charge is 0.0214 e. The Bertz CT molecular complexity index is 86.9. The number of hydrogen-bond donors (Lipinski definition) is 0. The minimum Gasteiger partial charge on any atom is -0.0883 e. The molecule has 0 N–H and O–H groups in total. The van der Waals surface area contributed by atoms with Gasteiger partial charge in [0.15, 0.2) is 0 Å². The van der Waals surface area contributed by atoms with Gasteiger partial charge in [0.25, 0.3) is 0 Å². The topological polar surface area (TPSA) is 0 Å². The second-order valence-electron chi connectivity index (χ2n) is 2.52. The highest BCUT2D eigenvalue weighted by Gasteiger charge is 1.92. The summed E-state index contributed by atoms with van der Waals surface area (Å²) in [7, 11) is 0. The molecular weight excluding hydrogens is 188 g/mol. The highest BCUT2D eigenvalue weighted by atomic mass is 79.9. The molecule has 0 fully saturated rings. The van der Waals surface area contributed by atoms with Gasteiger partial charge in [0.1, 0.15) is 0 Å². The molecule has 10 heavy (non-hydrogen) atoms. The molecule has 60 valence electrons. The first kappa shape index (κ1) is 10.2. The van der Waals surface area contributed by atoms with Crippen molar-refractivity contribution in [3.63, 3.8) is 0 Å². The van der Waals surface area contributed by atoms with Crippen molar-refractivity contribution in [1.82, 2.24) is 0 Å². The van der Waals surface area contributed by atoms with Crippen molar-refractivity contribution in [1.29, 1.82) is 0 Å². The first-order valence-corrected chi connectivity index (χ1v) is 5.21. The molecule has 0 aliphatic carbocycles. The molecule has 0 nitrogen and oxygen atoms in total. The molecule has 0 rings (SSSR count). The standard InChI is InChI=1S/C9H17Br/c1-3-5-9(6-4-2)7-8-10/h7H,3-6,8H2,1-2H3. The summed E-state index contributed by atoms with van der Waals surface area (Å²) < 4.78 is 0. The fraction of sp³-hybridized carbons (Fsp3) is 0.778. The summed E-state index contributed by atoms with van der Waals surface area (Å²) in [6.45, 7) is 4.47. The van der Waals surface area contributed by atoms with Crippen molar-refractivity contribution >= 4 is 15.9 Å². The largest absolute Gasteiger partial charge is 0.0883 e. The SMILES string of the molecule is CCCC(=CCBr)CCC. The predicted octanol–water partition coefficient (Wildman–Crippen LogP) is 3.91. The van der Waals surface area contributed by atoms with E-state index >= 15 is 0 Å². The van der Waals surface area contributed by atoms with E-state index in [1.54, 1.807) is 5.57 Å². The molecule has 0 aromatic rings. The van der Waals surface area contributed by atoms with Crippen molar-refractivity contribution in [2.24, 2.45) is 0 Å². The van der Waals surface area contributed by atoms with E-state index in [0.29, 0.717) is 0 Å². The van der Waals surface area contributed by atoms with Gasteiger partial charge < -0.3 is 0 Å². The normalized spacial score (nSPS) is 9.50. The molecule has 0 saturated carbocycles. The Hall–Kier alpha value is 0.220. The zero-order chi connectivity index (χ0) is 7.82. The summed E-state index contributed by atoms with van der Waals surface area (Å²) in [5, 5.41) is 1.02. The molecule has 0 unspecified atom stereocenters. The van der Waals surface area contributed by atoms with Crippen LogP contribution in [0.4, 0.5) is 0 Å². The van der Waals surface area contributed by atoms with E-state index in [1.165, 1.54) is 25.7 Å². The summed E-state index contributed by atoms with van der Waals surface area (Å²) in [4.78, 5) is 0. The molecule has 0 amide bonds. The van der Waals surface area contributed by atoms with Gasteiger partial charge in [0.2, 0.25) is 0 Å². The van der Waals surface area contributed by atoms with Crippen LogP contribution in [-0.2, 0) is 0 Å². The summed E-state index contributed by atoms with van der Waals surface area (Å²) >= 11 is 3.41. The summed E-state index contributed by atoms with van der Waals surface area (Å²) in [6.07, 6.45) is 7.41. The van der Waals surface area contributed by atoms with Crippen molar-refractivity contribution in [2.75, 3.05) is 5.33 Å². The van der Waals surface area contributed by atoms with Crippen LogP contribution in [0.2, 0.25) is 0 Å². The Labute approximate surface area is 72.8 Å². The van der Waals surface area contributed by atoms with Crippen LogP contribution in [0.1, 0.15) is 39.5 Å². The van der Waals surface area contributed by atoms with Gasteiger partial charge >= 0.3 is 0 Å². The van der Waals surface area contributed by atoms with E-state index < -0.39 is 0 Å². The molecule has 0 spiro atoms. The molecule has 0 aromatic heterocycles. The van der Waals surface area contributed by atoms with Gasteiger partial charge in [-0.3, -0.25) is 0 Å². The third-order valence-electron chi connectivity index (χ3n) is 1.51. The Kier molecular flexibility index (Phi) is 7.49. The average molecular weight is 205 g/mol. The van der Waals surface area contributed by atoms with E-state index in [4.69, 9.17) is 0 Å². The first-order chi connectivity index (χ1) is 4.85. The number of hydrogen-bond acceptors (Lipinski definition) is 0. The zero-order valence-electron chi connectivity index (χ0n) is 6.99. The minimum absolute atomic E-state index is 1.02. The maximum Gasteiger partial charge on any atom is 0.0214 e. The van der Waals surface area contributed by atoms with Gasteiger partial charge in [-0.15, -0.1) is 0 Å². The third-order valence-corrected chi connectivity index (χ3v) is 1.83. The van der Waals surface area contributed by atoms with Gasteiger partial charge in [-0.1, -0.05) is 54.3 Å². The van der Waals surface area contributed by atoms with E-state index in [0.717, 1.165) is 5.33 Å². The van der Waals surface area contributed by atoms with Crippen LogP contribution >= 0.6 is 15.9 Å². The second kappa shape index (κ2) is 7.33.